The van der Waals surface area contributed by atoms with Gasteiger partial charge in [0.25, 0.3) is 0 Å². The van der Waals surface area contributed by atoms with Gasteiger partial charge in [-0.15, -0.1) is 13.2 Å². The van der Waals surface area contributed by atoms with Crippen LogP contribution in [0.15, 0.2) is 48.5 Å². The average Bonchev–Trinajstić information content (AvgIpc) is 2.66. The van der Waals surface area contributed by atoms with E-state index >= 15 is 0 Å². The molecule has 0 aliphatic heterocycles. The second-order valence-corrected chi connectivity index (χ2v) is 5.95. The van der Waals surface area contributed by atoms with Gasteiger partial charge in [-0.3, -0.25) is 9.59 Å². The highest BCUT2D eigenvalue weighted by atomic mass is 19.4. The smallest absolute Gasteiger partial charge is 0.454 e. The van der Waals surface area contributed by atoms with E-state index in [1.54, 1.807) is 12.1 Å². The fourth-order valence-electron chi connectivity index (χ4n) is 2.28. The number of amides is 1. The fourth-order valence-corrected chi connectivity index (χ4v) is 2.28. The summed E-state index contributed by atoms with van der Waals surface area (Å²) in [7, 11) is 0. The molecule has 0 saturated carbocycles. The maximum absolute atomic E-state index is 12.1. The van der Waals surface area contributed by atoms with Gasteiger partial charge in [0.15, 0.2) is 12.4 Å². The Morgan fingerprint density at radius 3 is 2.07 bits per heavy atom. The van der Waals surface area contributed by atoms with Crippen LogP contribution in [-0.4, -0.2) is 30.6 Å². The molecule has 0 bridgehead atoms. The second-order valence-electron chi connectivity index (χ2n) is 5.95. The lowest BCUT2D eigenvalue weighted by atomic mass is 10.1. The predicted octanol–water partition coefficient (Wildman–Crippen LogP) is 4.36. The van der Waals surface area contributed by atoms with Gasteiger partial charge in [0.05, 0.1) is 5.56 Å². The number of nitrogens with one attached hydrogen (secondary N) is 1. The number of ketones is 1. The molecule has 0 atom stereocenters. The van der Waals surface area contributed by atoms with Gasteiger partial charge < -0.3 is 14.8 Å². The summed E-state index contributed by atoms with van der Waals surface area (Å²) in [5, 5.41) is 2.68. The van der Waals surface area contributed by atoms with E-state index in [0.29, 0.717) is 18.5 Å². The molecule has 154 valence electrons. The van der Waals surface area contributed by atoms with Crippen molar-refractivity contribution in [2.45, 2.75) is 26.1 Å². The molecule has 0 aliphatic rings. The van der Waals surface area contributed by atoms with Crippen molar-refractivity contribution >= 4 is 23.3 Å². The maximum Gasteiger partial charge on any atom is 0.573 e. The highest BCUT2D eigenvalue weighted by molar-refractivity contribution is 6.00. The van der Waals surface area contributed by atoms with Gasteiger partial charge in [-0.25, -0.2) is 4.79 Å². The van der Waals surface area contributed by atoms with Crippen molar-refractivity contribution in [2.75, 3.05) is 11.9 Å². The van der Waals surface area contributed by atoms with Gasteiger partial charge in [-0.05, 0) is 55.0 Å². The number of esters is 1. The van der Waals surface area contributed by atoms with Crippen molar-refractivity contribution in [3.63, 3.8) is 0 Å². The Hall–Kier alpha value is -3.36. The van der Waals surface area contributed by atoms with Crippen LogP contribution in [0.1, 0.15) is 40.5 Å². The van der Waals surface area contributed by atoms with E-state index in [0.717, 1.165) is 24.3 Å². The first-order chi connectivity index (χ1) is 13.7. The van der Waals surface area contributed by atoms with E-state index in [-0.39, 0.29) is 17.0 Å². The van der Waals surface area contributed by atoms with Gasteiger partial charge in [0.1, 0.15) is 5.75 Å². The number of Topliss-reactive ketones (excluding diaryl/α,β-unsaturated/α-hetero) is 1. The molecule has 29 heavy (non-hydrogen) atoms. The first-order valence-electron chi connectivity index (χ1n) is 8.64. The third-order valence-corrected chi connectivity index (χ3v) is 3.63. The normalized spacial score (nSPS) is 10.9. The molecule has 2 aromatic carbocycles. The summed E-state index contributed by atoms with van der Waals surface area (Å²) in [6, 6.07) is 10.2. The Bertz CT molecular complexity index is 861. The molecule has 0 aliphatic carbocycles. The lowest BCUT2D eigenvalue weighted by Gasteiger charge is -2.09. The predicted molar refractivity (Wildman–Crippen MR) is 97.7 cm³/mol. The number of carbonyl (C=O) groups is 3. The van der Waals surface area contributed by atoms with E-state index in [2.05, 4.69) is 10.1 Å². The van der Waals surface area contributed by atoms with Crippen molar-refractivity contribution in [1.29, 1.82) is 0 Å². The third kappa shape index (κ3) is 7.28. The third-order valence-electron chi connectivity index (χ3n) is 3.63. The zero-order valence-electron chi connectivity index (χ0n) is 15.4. The van der Waals surface area contributed by atoms with Crippen molar-refractivity contribution in [1.82, 2.24) is 0 Å². The molecule has 6 nitrogen and oxygen atoms in total. The van der Waals surface area contributed by atoms with Gasteiger partial charge >= 0.3 is 12.3 Å². The van der Waals surface area contributed by atoms with Gasteiger partial charge in [-0.1, -0.05) is 6.92 Å². The quantitative estimate of drug-likeness (QED) is 0.517. The lowest BCUT2D eigenvalue weighted by molar-refractivity contribution is -0.274. The largest absolute Gasteiger partial charge is 0.573 e. The van der Waals surface area contributed by atoms with Crippen LogP contribution < -0.4 is 10.1 Å². The summed E-state index contributed by atoms with van der Waals surface area (Å²) in [6.07, 6.45) is -3.73. The van der Waals surface area contributed by atoms with Crippen molar-refractivity contribution < 1.29 is 37.0 Å². The van der Waals surface area contributed by atoms with Gasteiger partial charge in [-0.2, -0.15) is 0 Å². The summed E-state index contributed by atoms with van der Waals surface area (Å²) in [5.41, 5.74) is 0.791. The standard InChI is InChI=1S/C20H18F3NO5/c1-2-3-18(26)24-15-8-4-13(5-9-15)17(25)12-28-19(27)14-6-10-16(11-7-14)29-20(21,22)23/h4-11H,2-3,12H2,1H3,(H,24,26). The van der Waals surface area contributed by atoms with E-state index in [1.807, 2.05) is 6.92 Å². The number of rotatable bonds is 8. The molecule has 1 N–H and O–H groups in total. The van der Waals surface area contributed by atoms with Gasteiger partial charge in [0.2, 0.25) is 5.91 Å². The molecular weight excluding hydrogens is 391 g/mol. The van der Waals surface area contributed by atoms with Crippen LogP contribution in [0.5, 0.6) is 5.75 Å². The Morgan fingerprint density at radius 1 is 0.931 bits per heavy atom. The molecule has 0 radical (unpaired) electrons. The SMILES string of the molecule is CCCC(=O)Nc1ccc(C(=O)COC(=O)c2ccc(OC(F)(F)F)cc2)cc1. The van der Waals surface area contributed by atoms with Crippen molar-refractivity contribution in [2.24, 2.45) is 0 Å². The number of hydrogen-bond donors (Lipinski definition) is 1. The maximum atomic E-state index is 12.1. The Balaban J connectivity index is 1.88. The number of halogens is 3. The minimum absolute atomic E-state index is 0.0266. The van der Waals surface area contributed by atoms with Crippen molar-refractivity contribution in [3.05, 3.63) is 59.7 Å². The lowest BCUT2D eigenvalue weighted by Crippen LogP contribution is -2.17. The second kappa shape index (κ2) is 9.72. The van der Waals surface area contributed by atoms with Crippen LogP contribution in [-0.2, 0) is 9.53 Å². The summed E-state index contributed by atoms with van der Waals surface area (Å²) in [6.45, 7) is 1.34. The number of anilines is 1. The van der Waals surface area contributed by atoms with E-state index < -0.39 is 30.5 Å². The minimum atomic E-state index is -4.83. The van der Waals surface area contributed by atoms with Crippen LogP contribution in [0.2, 0.25) is 0 Å². The molecular formula is C20H18F3NO5. The number of ether oxygens (including phenoxy) is 2. The molecule has 0 heterocycles. The van der Waals surface area contributed by atoms with Crippen LogP contribution in [0.3, 0.4) is 0 Å². The average molecular weight is 409 g/mol. The Kier molecular flexibility index (Phi) is 7.35. The van der Waals surface area contributed by atoms with Crippen LogP contribution in [0.25, 0.3) is 0 Å². The number of alkyl halides is 3. The summed E-state index contributed by atoms with van der Waals surface area (Å²) in [4.78, 5) is 35.6. The highest BCUT2D eigenvalue weighted by Crippen LogP contribution is 2.23. The molecule has 9 heteroatoms. The number of benzene rings is 2. The van der Waals surface area contributed by atoms with E-state index in [4.69, 9.17) is 4.74 Å². The molecule has 0 unspecified atom stereocenters. The minimum Gasteiger partial charge on any atom is -0.454 e. The van der Waals surface area contributed by atoms with E-state index in [1.165, 1.54) is 12.1 Å². The molecule has 0 spiro atoms. The van der Waals surface area contributed by atoms with Gasteiger partial charge in [0, 0.05) is 17.7 Å². The molecule has 0 aromatic heterocycles. The molecule has 2 rings (SSSR count). The fraction of sp³-hybridized carbons (Fsp3) is 0.250. The van der Waals surface area contributed by atoms with Crippen LogP contribution in [0, 0.1) is 0 Å². The number of hydrogen-bond acceptors (Lipinski definition) is 5. The molecule has 0 fully saturated rings. The summed E-state index contributed by atoms with van der Waals surface area (Å²) in [5.74, 6) is -1.94. The monoisotopic (exact) mass is 409 g/mol. The Morgan fingerprint density at radius 2 is 1.52 bits per heavy atom. The zero-order valence-corrected chi connectivity index (χ0v) is 15.4. The molecule has 2 aromatic rings. The van der Waals surface area contributed by atoms with Crippen LogP contribution >= 0.6 is 0 Å². The van der Waals surface area contributed by atoms with E-state index in [9.17, 15) is 27.6 Å². The first-order valence-corrected chi connectivity index (χ1v) is 8.64. The highest BCUT2D eigenvalue weighted by Gasteiger charge is 2.31. The first kappa shape index (κ1) is 21.9. The topological polar surface area (TPSA) is 81.7 Å². The number of carbonyl (C=O) groups excluding carboxylic acids is 3. The zero-order chi connectivity index (χ0) is 21.4. The van der Waals surface area contributed by atoms with Crippen LogP contribution in [0.4, 0.5) is 18.9 Å². The van der Waals surface area contributed by atoms with Crippen molar-refractivity contribution in [3.8, 4) is 5.75 Å². The summed E-state index contributed by atoms with van der Waals surface area (Å²) < 4.78 is 45.0. The molecule has 1 amide bonds. The summed E-state index contributed by atoms with van der Waals surface area (Å²) >= 11 is 0. The Labute approximate surface area is 164 Å². The molecule has 0 saturated heterocycles.